The zero-order valence-electron chi connectivity index (χ0n) is 12.8. The second kappa shape index (κ2) is 6.61. The van der Waals surface area contributed by atoms with E-state index in [0.717, 1.165) is 13.0 Å². The van der Waals surface area contributed by atoms with Crippen molar-refractivity contribution in [1.29, 1.82) is 0 Å². The molecule has 1 aromatic rings. The maximum absolute atomic E-state index is 6.18. The molecule has 0 aromatic heterocycles. The van der Waals surface area contributed by atoms with Crippen molar-refractivity contribution in [2.45, 2.75) is 37.8 Å². The molecule has 3 atom stereocenters. The lowest BCUT2D eigenvalue weighted by Crippen LogP contribution is -2.43. The molecule has 2 saturated heterocycles. The molecule has 4 heteroatoms. The Labute approximate surface area is 140 Å². The van der Waals surface area contributed by atoms with Crippen LogP contribution in [0.15, 0.2) is 22.7 Å². The standard InChI is InChI=1S/C17H24BrNOS/c1-12-14(4-3-5-15(12)18)16(19-2)13-6-8-20-17(10-13)7-9-21-11-17/h3-5,13,16,19H,6-11H2,1-2H3. The summed E-state index contributed by atoms with van der Waals surface area (Å²) in [6.07, 6.45) is 3.57. The van der Waals surface area contributed by atoms with Crippen LogP contribution in [0.5, 0.6) is 0 Å². The minimum atomic E-state index is 0.155. The van der Waals surface area contributed by atoms with Crippen molar-refractivity contribution in [2.24, 2.45) is 5.92 Å². The van der Waals surface area contributed by atoms with Gasteiger partial charge in [0.1, 0.15) is 0 Å². The highest BCUT2D eigenvalue weighted by Gasteiger charge is 2.42. The molecule has 3 unspecified atom stereocenters. The van der Waals surface area contributed by atoms with E-state index in [1.807, 2.05) is 11.8 Å². The van der Waals surface area contributed by atoms with Crippen LogP contribution in [0.25, 0.3) is 0 Å². The Kier molecular flexibility index (Phi) is 4.99. The fraction of sp³-hybridized carbons (Fsp3) is 0.647. The summed E-state index contributed by atoms with van der Waals surface area (Å²) >= 11 is 5.72. The van der Waals surface area contributed by atoms with Crippen LogP contribution in [-0.4, -0.2) is 30.8 Å². The topological polar surface area (TPSA) is 21.3 Å². The van der Waals surface area contributed by atoms with Crippen LogP contribution in [0.1, 0.15) is 36.4 Å². The fourth-order valence-corrected chi connectivity index (χ4v) is 5.58. The summed E-state index contributed by atoms with van der Waals surface area (Å²) < 4.78 is 7.39. The molecule has 1 spiro atoms. The zero-order valence-corrected chi connectivity index (χ0v) is 15.2. The summed E-state index contributed by atoms with van der Waals surface area (Å²) in [6, 6.07) is 6.98. The Morgan fingerprint density at radius 1 is 1.48 bits per heavy atom. The monoisotopic (exact) mass is 369 g/mol. The summed E-state index contributed by atoms with van der Waals surface area (Å²) in [5.41, 5.74) is 2.94. The molecule has 1 N–H and O–H groups in total. The molecule has 2 aliphatic heterocycles. The maximum Gasteiger partial charge on any atom is 0.0783 e. The van der Waals surface area contributed by atoms with Crippen LogP contribution < -0.4 is 5.32 Å². The molecule has 0 aliphatic carbocycles. The average Bonchev–Trinajstić information content (AvgIpc) is 2.92. The number of rotatable bonds is 3. The normalized spacial score (nSPS) is 30.7. The minimum absolute atomic E-state index is 0.155. The molecule has 21 heavy (non-hydrogen) atoms. The summed E-state index contributed by atoms with van der Waals surface area (Å²) in [6.45, 7) is 3.13. The number of halogens is 1. The summed E-state index contributed by atoms with van der Waals surface area (Å²) in [4.78, 5) is 0. The van der Waals surface area contributed by atoms with Crippen LogP contribution in [0.4, 0.5) is 0 Å². The number of ether oxygens (including phenoxy) is 1. The lowest BCUT2D eigenvalue weighted by Gasteiger charge is -2.41. The van der Waals surface area contributed by atoms with Gasteiger partial charge in [-0.3, -0.25) is 0 Å². The van der Waals surface area contributed by atoms with Crippen molar-refractivity contribution in [3.8, 4) is 0 Å². The van der Waals surface area contributed by atoms with Gasteiger partial charge in [0, 0.05) is 22.9 Å². The lowest BCUT2D eigenvalue weighted by atomic mass is 9.78. The SMILES string of the molecule is CNC(c1cccc(Br)c1C)C1CCOC2(CCSC2)C1. The van der Waals surface area contributed by atoms with Crippen LogP contribution in [0.2, 0.25) is 0 Å². The van der Waals surface area contributed by atoms with Gasteiger partial charge in [-0.1, -0.05) is 28.1 Å². The smallest absolute Gasteiger partial charge is 0.0783 e. The highest BCUT2D eigenvalue weighted by molar-refractivity contribution is 9.10. The van der Waals surface area contributed by atoms with Gasteiger partial charge in [0.15, 0.2) is 0 Å². The van der Waals surface area contributed by atoms with Crippen molar-refractivity contribution in [3.63, 3.8) is 0 Å². The number of benzene rings is 1. The first-order valence-corrected chi connectivity index (χ1v) is 9.74. The predicted octanol–water partition coefficient (Wildman–Crippen LogP) is 4.32. The first kappa shape index (κ1) is 15.9. The van der Waals surface area contributed by atoms with Gasteiger partial charge in [-0.15, -0.1) is 0 Å². The van der Waals surface area contributed by atoms with Crippen LogP contribution in [-0.2, 0) is 4.74 Å². The average molecular weight is 370 g/mol. The van der Waals surface area contributed by atoms with Gasteiger partial charge in [0.25, 0.3) is 0 Å². The van der Waals surface area contributed by atoms with Gasteiger partial charge in [0.2, 0.25) is 0 Å². The maximum atomic E-state index is 6.18. The van der Waals surface area contributed by atoms with E-state index >= 15 is 0 Å². The highest BCUT2D eigenvalue weighted by Crippen LogP contribution is 2.44. The second-order valence-corrected chi connectivity index (χ2v) is 8.27. The molecule has 0 bridgehead atoms. The van der Waals surface area contributed by atoms with Gasteiger partial charge in [0.05, 0.1) is 5.60 Å². The van der Waals surface area contributed by atoms with Gasteiger partial charge < -0.3 is 10.1 Å². The number of nitrogens with one attached hydrogen (secondary N) is 1. The van der Waals surface area contributed by atoms with Crippen molar-refractivity contribution >= 4 is 27.7 Å². The Balaban J connectivity index is 1.84. The summed E-state index contributed by atoms with van der Waals surface area (Å²) in [5, 5.41) is 3.58. The number of hydrogen-bond acceptors (Lipinski definition) is 3. The first-order valence-electron chi connectivity index (χ1n) is 7.79. The van der Waals surface area contributed by atoms with E-state index in [0.29, 0.717) is 12.0 Å². The van der Waals surface area contributed by atoms with Crippen molar-refractivity contribution in [3.05, 3.63) is 33.8 Å². The Morgan fingerprint density at radius 2 is 2.33 bits per heavy atom. The molecule has 0 amide bonds. The third-order valence-electron chi connectivity index (χ3n) is 5.03. The second-order valence-electron chi connectivity index (χ2n) is 6.31. The highest BCUT2D eigenvalue weighted by atomic mass is 79.9. The molecular formula is C17H24BrNOS. The Bertz CT molecular complexity index is 502. The number of thioether (sulfide) groups is 1. The molecule has 2 heterocycles. The van der Waals surface area contributed by atoms with E-state index in [9.17, 15) is 0 Å². The van der Waals surface area contributed by atoms with Crippen LogP contribution >= 0.6 is 27.7 Å². The first-order chi connectivity index (χ1) is 10.2. The lowest BCUT2D eigenvalue weighted by molar-refractivity contribution is -0.0851. The largest absolute Gasteiger partial charge is 0.374 e. The molecule has 1 aromatic carbocycles. The third kappa shape index (κ3) is 3.19. The summed E-state index contributed by atoms with van der Waals surface area (Å²) in [5.74, 6) is 3.10. The molecule has 2 fully saturated rings. The third-order valence-corrected chi connectivity index (χ3v) is 7.11. The molecule has 116 valence electrons. The van der Waals surface area contributed by atoms with E-state index < -0.39 is 0 Å². The summed E-state index contributed by atoms with van der Waals surface area (Å²) in [7, 11) is 2.09. The van der Waals surface area contributed by atoms with Crippen LogP contribution in [0, 0.1) is 12.8 Å². The van der Waals surface area contributed by atoms with Crippen molar-refractivity contribution in [1.82, 2.24) is 5.32 Å². The Morgan fingerprint density at radius 3 is 3.05 bits per heavy atom. The van der Waals surface area contributed by atoms with Gasteiger partial charge >= 0.3 is 0 Å². The molecule has 3 rings (SSSR count). The predicted molar refractivity (Wildman–Crippen MR) is 94.0 cm³/mol. The van der Waals surface area contributed by atoms with E-state index in [1.54, 1.807) is 0 Å². The fourth-order valence-electron chi connectivity index (χ4n) is 3.82. The van der Waals surface area contributed by atoms with E-state index in [2.05, 4.69) is 53.4 Å². The molecule has 0 radical (unpaired) electrons. The Hall–Kier alpha value is -0.0300. The van der Waals surface area contributed by atoms with Crippen molar-refractivity contribution in [2.75, 3.05) is 25.2 Å². The zero-order chi connectivity index (χ0) is 14.9. The van der Waals surface area contributed by atoms with Gasteiger partial charge in [-0.05, 0) is 62.1 Å². The van der Waals surface area contributed by atoms with Crippen molar-refractivity contribution < 1.29 is 4.74 Å². The quantitative estimate of drug-likeness (QED) is 0.856. The van der Waals surface area contributed by atoms with Crippen LogP contribution in [0.3, 0.4) is 0 Å². The van der Waals surface area contributed by atoms with E-state index in [-0.39, 0.29) is 5.60 Å². The van der Waals surface area contributed by atoms with E-state index in [1.165, 1.54) is 39.9 Å². The molecule has 2 aliphatic rings. The minimum Gasteiger partial charge on any atom is -0.374 e. The number of hydrogen-bond donors (Lipinski definition) is 1. The van der Waals surface area contributed by atoms with E-state index in [4.69, 9.17) is 4.74 Å². The molecular weight excluding hydrogens is 346 g/mol. The molecule has 0 saturated carbocycles. The van der Waals surface area contributed by atoms with Gasteiger partial charge in [-0.25, -0.2) is 0 Å². The van der Waals surface area contributed by atoms with Gasteiger partial charge in [-0.2, -0.15) is 11.8 Å². The molecule has 2 nitrogen and oxygen atoms in total.